The highest BCUT2D eigenvalue weighted by Crippen LogP contribution is 2.22. The zero-order valence-corrected chi connectivity index (χ0v) is 12.2. The molecule has 0 aliphatic carbocycles. The van der Waals surface area contributed by atoms with Crippen molar-refractivity contribution in [3.63, 3.8) is 0 Å². The molecular formula is C17H18N2O2. The Hall–Kier alpha value is -2.51. The second kappa shape index (κ2) is 7.32. The Bertz CT molecular complexity index is 647. The summed E-state index contributed by atoms with van der Waals surface area (Å²) in [5.74, 6) is 1.52. The molecule has 0 aliphatic rings. The summed E-state index contributed by atoms with van der Waals surface area (Å²) in [7, 11) is 3.52. The predicted molar refractivity (Wildman–Crippen MR) is 81.2 cm³/mol. The number of nitriles is 1. The molecule has 0 unspecified atom stereocenters. The SMILES string of the molecule is CNCc1cccc(OCc2cc(C#N)ccc2OC)c1. The van der Waals surface area contributed by atoms with Crippen LogP contribution in [0.25, 0.3) is 0 Å². The van der Waals surface area contributed by atoms with Crippen molar-refractivity contribution in [2.75, 3.05) is 14.2 Å². The molecule has 0 bridgehead atoms. The maximum absolute atomic E-state index is 8.97. The smallest absolute Gasteiger partial charge is 0.125 e. The van der Waals surface area contributed by atoms with E-state index in [0.717, 1.165) is 29.2 Å². The van der Waals surface area contributed by atoms with Crippen molar-refractivity contribution >= 4 is 0 Å². The lowest BCUT2D eigenvalue weighted by molar-refractivity contribution is 0.296. The van der Waals surface area contributed by atoms with Gasteiger partial charge in [-0.2, -0.15) is 5.26 Å². The Balaban J connectivity index is 2.12. The molecule has 2 rings (SSSR count). The summed E-state index contributed by atoms with van der Waals surface area (Å²) in [6.45, 7) is 1.16. The average Bonchev–Trinajstić information content (AvgIpc) is 2.53. The Morgan fingerprint density at radius 1 is 1.19 bits per heavy atom. The monoisotopic (exact) mass is 282 g/mol. The molecule has 0 amide bonds. The minimum absolute atomic E-state index is 0.363. The Morgan fingerprint density at radius 3 is 2.76 bits per heavy atom. The lowest BCUT2D eigenvalue weighted by atomic mass is 10.1. The molecule has 0 spiro atoms. The van der Waals surface area contributed by atoms with E-state index in [1.807, 2.05) is 31.3 Å². The number of nitrogens with zero attached hydrogens (tertiary/aromatic N) is 1. The first-order valence-corrected chi connectivity index (χ1v) is 6.70. The molecule has 0 saturated carbocycles. The summed E-state index contributed by atoms with van der Waals surface area (Å²) >= 11 is 0. The molecule has 2 aromatic rings. The molecule has 4 nitrogen and oxygen atoms in total. The highest BCUT2D eigenvalue weighted by Gasteiger charge is 2.06. The molecule has 0 aromatic heterocycles. The van der Waals surface area contributed by atoms with E-state index in [-0.39, 0.29) is 0 Å². The van der Waals surface area contributed by atoms with E-state index in [0.29, 0.717) is 12.2 Å². The Morgan fingerprint density at radius 2 is 2.05 bits per heavy atom. The van der Waals surface area contributed by atoms with E-state index >= 15 is 0 Å². The lowest BCUT2D eigenvalue weighted by Crippen LogP contribution is -2.05. The van der Waals surface area contributed by atoms with Crippen LogP contribution in [0.15, 0.2) is 42.5 Å². The van der Waals surface area contributed by atoms with Gasteiger partial charge in [-0.3, -0.25) is 0 Å². The van der Waals surface area contributed by atoms with Crippen LogP contribution in [0.1, 0.15) is 16.7 Å². The Labute approximate surface area is 124 Å². The molecule has 21 heavy (non-hydrogen) atoms. The quantitative estimate of drug-likeness (QED) is 0.885. The van der Waals surface area contributed by atoms with Crippen LogP contribution in [0.4, 0.5) is 0 Å². The van der Waals surface area contributed by atoms with E-state index in [9.17, 15) is 0 Å². The first kappa shape index (κ1) is 14.9. The number of ether oxygens (including phenoxy) is 2. The van der Waals surface area contributed by atoms with Crippen LogP contribution in [0, 0.1) is 11.3 Å². The first-order chi connectivity index (χ1) is 10.3. The lowest BCUT2D eigenvalue weighted by Gasteiger charge is -2.11. The van der Waals surface area contributed by atoms with Crippen molar-refractivity contribution in [1.29, 1.82) is 5.26 Å². The fourth-order valence-corrected chi connectivity index (χ4v) is 2.07. The zero-order valence-electron chi connectivity index (χ0n) is 12.2. The minimum Gasteiger partial charge on any atom is -0.496 e. The van der Waals surface area contributed by atoms with Crippen LogP contribution in [0.2, 0.25) is 0 Å². The number of benzene rings is 2. The summed E-state index contributed by atoms with van der Waals surface area (Å²) in [6, 6.07) is 15.3. The average molecular weight is 282 g/mol. The van der Waals surface area contributed by atoms with E-state index in [2.05, 4.69) is 11.4 Å². The number of methoxy groups -OCH3 is 1. The molecule has 0 aliphatic heterocycles. The van der Waals surface area contributed by atoms with Gasteiger partial charge in [0.15, 0.2) is 0 Å². The third-order valence-corrected chi connectivity index (χ3v) is 3.08. The minimum atomic E-state index is 0.363. The third kappa shape index (κ3) is 3.98. The van der Waals surface area contributed by atoms with Crippen LogP contribution in [0.5, 0.6) is 11.5 Å². The van der Waals surface area contributed by atoms with Crippen molar-refractivity contribution in [3.05, 3.63) is 59.2 Å². The van der Waals surface area contributed by atoms with E-state index in [1.165, 1.54) is 0 Å². The third-order valence-electron chi connectivity index (χ3n) is 3.08. The van der Waals surface area contributed by atoms with Crippen LogP contribution >= 0.6 is 0 Å². The van der Waals surface area contributed by atoms with Gasteiger partial charge in [0.05, 0.1) is 18.7 Å². The zero-order chi connectivity index (χ0) is 15.1. The summed E-state index contributed by atoms with van der Waals surface area (Å²) in [4.78, 5) is 0. The van der Waals surface area contributed by atoms with Crippen LogP contribution in [-0.4, -0.2) is 14.2 Å². The fourth-order valence-electron chi connectivity index (χ4n) is 2.07. The molecule has 4 heteroatoms. The van der Waals surface area contributed by atoms with Crippen LogP contribution < -0.4 is 14.8 Å². The van der Waals surface area contributed by atoms with Gasteiger partial charge in [0, 0.05) is 12.1 Å². The second-order valence-corrected chi connectivity index (χ2v) is 4.60. The highest BCUT2D eigenvalue weighted by atomic mass is 16.5. The molecule has 2 aromatic carbocycles. The van der Waals surface area contributed by atoms with Crippen molar-refractivity contribution in [3.8, 4) is 17.6 Å². The van der Waals surface area contributed by atoms with Crippen LogP contribution in [0.3, 0.4) is 0 Å². The summed E-state index contributed by atoms with van der Waals surface area (Å²) in [6.07, 6.45) is 0. The maximum Gasteiger partial charge on any atom is 0.125 e. The van der Waals surface area contributed by atoms with Crippen LogP contribution in [-0.2, 0) is 13.2 Å². The van der Waals surface area contributed by atoms with Gasteiger partial charge >= 0.3 is 0 Å². The second-order valence-electron chi connectivity index (χ2n) is 4.60. The van der Waals surface area contributed by atoms with Crippen molar-refractivity contribution < 1.29 is 9.47 Å². The summed E-state index contributed by atoms with van der Waals surface area (Å²) in [5.41, 5.74) is 2.61. The summed E-state index contributed by atoms with van der Waals surface area (Å²) < 4.78 is 11.1. The van der Waals surface area contributed by atoms with Crippen molar-refractivity contribution in [1.82, 2.24) is 5.32 Å². The normalized spacial score (nSPS) is 9.95. The van der Waals surface area contributed by atoms with Gasteiger partial charge in [-0.15, -0.1) is 0 Å². The largest absolute Gasteiger partial charge is 0.496 e. The molecule has 0 fully saturated rings. The van der Waals surface area contributed by atoms with Crippen molar-refractivity contribution in [2.24, 2.45) is 0 Å². The number of rotatable bonds is 6. The standard InChI is InChI=1S/C17H18N2O2/c1-19-11-14-4-3-5-16(9-14)21-12-15-8-13(10-18)6-7-17(15)20-2/h3-9,19H,11-12H2,1-2H3. The van der Waals surface area contributed by atoms with Gasteiger partial charge in [-0.25, -0.2) is 0 Å². The van der Waals surface area contributed by atoms with Crippen molar-refractivity contribution in [2.45, 2.75) is 13.2 Å². The molecule has 108 valence electrons. The van der Waals surface area contributed by atoms with Gasteiger partial charge in [0.1, 0.15) is 18.1 Å². The molecular weight excluding hydrogens is 264 g/mol. The van der Waals surface area contributed by atoms with E-state index in [4.69, 9.17) is 14.7 Å². The van der Waals surface area contributed by atoms with Gasteiger partial charge in [-0.1, -0.05) is 12.1 Å². The number of hydrogen-bond acceptors (Lipinski definition) is 4. The molecule has 0 saturated heterocycles. The van der Waals surface area contributed by atoms with Gasteiger partial charge in [0.2, 0.25) is 0 Å². The molecule has 0 radical (unpaired) electrons. The van der Waals surface area contributed by atoms with E-state index in [1.54, 1.807) is 25.3 Å². The van der Waals surface area contributed by atoms with Gasteiger partial charge in [0.25, 0.3) is 0 Å². The molecule has 1 N–H and O–H groups in total. The van der Waals surface area contributed by atoms with Gasteiger partial charge in [-0.05, 0) is 42.9 Å². The highest BCUT2D eigenvalue weighted by molar-refractivity contribution is 5.42. The summed E-state index contributed by atoms with van der Waals surface area (Å²) in [5, 5.41) is 12.1. The maximum atomic E-state index is 8.97. The fraction of sp³-hybridized carbons (Fsp3) is 0.235. The Kier molecular flexibility index (Phi) is 5.19. The number of nitrogens with one attached hydrogen (secondary N) is 1. The number of hydrogen-bond donors (Lipinski definition) is 1. The van der Waals surface area contributed by atoms with E-state index < -0.39 is 0 Å². The first-order valence-electron chi connectivity index (χ1n) is 6.70. The molecule has 0 heterocycles. The topological polar surface area (TPSA) is 54.3 Å². The predicted octanol–water partition coefficient (Wildman–Crippen LogP) is 2.87. The molecule has 0 atom stereocenters. The van der Waals surface area contributed by atoms with Gasteiger partial charge < -0.3 is 14.8 Å².